The number of phenolic OH excluding ortho intramolecular Hbond substituents is 1. The molecule has 0 unspecified atom stereocenters. The highest BCUT2D eigenvalue weighted by Crippen LogP contribution is 2.11. The molecule has 0 saturated heterocycles. The van der Waals surface area contributed by atoms with Gasteiger partial charge in [-0.2, -0.15) is 5.10 Å². The van der Waals surface area contributed by atoms with Crippen molar-refractivity contribution >= 4 is 11.7 Å². The van der Waals surface area contributed by atoms with E-state index in [1.54, 1.807) is 24.3 Å². The largest absolute Gasteiger partial charge is 0.508 e. The maximum absolute atomic E-state index is 9.12. The van der Waals surface area contributed by atoms with Crippen LogP contribution in [-0.4, -0.2) is 27.1 Å². The van der Waals surface area contributed by atoms with Crippen LogP contribution in [0.25, 0.3) is 0 Å². The summed E-state index contributed by atoms with van der Waals surface area (Å²) in [5.41, 5.74) is 12.0. The lowest BCUT2D eigenvalue weighted by Crippen LogP contribution is -2.22. The second kappa shape index (κ2) is 8.28. The van der Waals surface area contributed by atoms with Crippen LogP contribution in [0, 0.1) is 10.1 Å². The Morgan fingerprint density at radius 3 is 2.16 bits per heavy atom. The summed E-state index contributed by atoms with van der Waals surface area (Å²) in [5.74, 6) is 0.149. The fourth-order valence-corrected chi connectivity index (χ4v) is 1.10. The standard InChI is InChI=1S/C10H14N4O.HNO3/c1-2-9(13-14-10(11)12)7-3-5-8(15)6-4-7;2-1(3)4/h3-6,15H,2H2,1H3,(H4,11,12,14);(H,2,3,4)/b13-9-;. The maximum Gasteiger partial charge on any atom is 0.291 e. The predicted octanol–water partition coefficient (Wildman–Crippen LogP) is 0.432. The number of hydrogen-bond donors (Lipinski definition) is 4. The fourth-order valence-electron chi connectivity index (χ4n) is 1.10. The molecule has 104 valence electrons. The molecule has 0 saturated carbocycles. The summed E-state index contributed by atoms with van der Waals surface area (Å²) in [5, 5.41) is 30.3. The van der Waals surface area contributed by atoms with E-state index in [1.165, 1.54) is 0 Å². The molecule has 0 aliphatic heterocycles. The molecule has 0 aromatic heterocycles. The van der Waals surface area contributed by atoms with Crippen molar-refractivity contribution in [2.45, 2.75) is 13.3 Å². The molecule has 1 aromatic rings. The molecule has 0 aliphatic carbocycles. The summed E-state index contributed by atoms with van der Waals surface area (Å²) in [7, 11) is 0. The SMILES string of the molecule is CC/C(=N/N=C(N)N)c1ccc(O)cc1.O=[N+]([O-])O. The van der Waals surface area contributed by atoms with Crippen molar-refractivity contribution < 1.29 is 15.4 Å². The lowest BCUT2D eigenvalue weighted by Gasteiger charge is -2.01. The van der Waals surface area contributed by atoms with Crippen LogP contribution in [0.5, 0.6) is 5.75 Å². The van der Waals surface area contributed by atoms with Gasteiger partial charge < -0.3 is 21.8 Å². The van der Waals surface area contributed by atoms with Gasteiger partial charge in [0.1, 0.15) is 5.75 Å². The first kappa shape index (κ1) is 16.2. The Kier molecular flexibility index (Phi) is 7.04. The molecule has 9 nitrogen and oxygen atoms in total. The van der Waals surface area contributed by atoms with E-state index in [9.17, 15) is 0 Å². The molecule has 0 aliphatic rings. The van der Waals surface area contributed by atoms with Gasteiger partial charge in [0.05, 0.1) is 5.71 Å². The van der Waals surface area contributed by atoms with Crippen LogP contribution in [0.2, 0.25) is 0 Å². The molecule has 0 fully saturated rings. The Bertz CT molecular complexity index is 461. The molecule has 1 rings (SSSR count). The molecule has 0 spiro atoms. The van der Waals surface area contributed by atoms with Crippen LogP contribution in [0.15, 0.2) is 34.5 Å². The Hall–Kier alpha value is -2.84. The molecule has 6 N–H and O–H groups in total. The van der Waals surface area contributed by atoms with E-state index in [0.29, 0.717) is 6.42 Å². The van der Waals surface area contributed by atoms with E-state index in [0.717, 1.165) is 11.3 Å². The van der Waals surface area contributed by atoms with Gasteiger partial charge in [-0.15, -0.1) is 15.2 Å². The topological polar surface area (TPSA) is 160 Å². The fraction of sp³-hybridized carbons (Fsp3) is 0.200. The van der Waals surface area contributed by atoms with Gasteiger partial charge >= 0.3 is 0 Å². The Morgan fingerprint density at radius 2 is 1.79 bits per heavy atom. The number of phenols is 1. The number of guanidine groups is 1. The average Bonchev–Trinajstić information content (AvgIpc) is 2.31. The summed E-state index contributed by atoms with van der Waals surface area (Å²) in [6.07, 6.45) is 0.710. The van der Waals surface area contributed by atoms with E-state index in [2.05, 4.69) is 10.2 Å². The van der Waals surface area contributed by atoms with Crippen molar-refractivity contribution in [1.29, 1.82) is 0 Å². The van der Waals surface area contributed by atoms with Crippen LogP contribution in [-0.2, 0) is 0 Å². The number of hydrogen-bond acceptors (Lipinski definition) is 5. The molecule has 1 aromatic carbocycles. The lowest BCUT2D eigenvalue weighted by atomic mass is 10.1. The molecule has 0 bridgehead atoms. The van der Waals surface area contributed by atoms with Crippen LogP contribution < -0.4 is 11.5 Å². The van der Waals surface area contributed by atoms with Crippen molar-refractivity contribution in [3.05, 3.63) is 39.9 Å². The van der Waals surface area contributed by atoms with Crippen molar-refractivity contribution in [3.63, 3.8) is 0 Å². The first-order chi connectivity index (χ1) is 8.86. The second-order valence-electron chi connectivity index (χ2n) is 3.21. The van der Waals surface area contributed by atoms with Gasteiger partial charge in [-0.25, -0.2) is 0 Å². The number of aromatic hydroxyl groups is 1. The van der Waals surface area contributed by atoms with Gasteiger partial charge in [-0.3, -0.25) is 0 Å². The smallest absolute Gasteiger partial charge is 0.291 e. The second-order valence-corrected chi connectivity index (χ2v) is 3.21. The molecule has 9 heteroatoms. The van der Waals surface area contributed by atoms with Gasteiger partial charge in [0.2, 0.25) is 5.96 Å². The van der Waals surface area contributed by atoms with Crippen LogP contribution in [0.4, 0.5) is 0 Å². The van der Waals surface area contributed by atoms with Gasteiger partial charge in [0.25, 0.3) is 5.09 Å². The molecule has 0 radical (unpaired) electrons. The maximum atomic E-state index is 9.12. The third kappa shape index (κ3) is 7.96. The minimum atomic E-state index is -1.50. The van der Waals surface area contributed by atoms with Gasteiger partial charge in [-0.05, 0) is 36.2 Å². The average molecular weight is 269 g/mol. The van der Waals surface area contributed by atoms with E-state index >= 15 is 0 Å². The summed E-state index contributed by atoms with van der Waals surface area (Å²) in [6, 6.07) is 6.71. The molecular formula is C10H15N5O4. The lowest BCUT2D eigenvalue weighted by molar-refractivity contribution is -0.742. The van der Waals surface area contributed by atoms with E-state index in [-0.39, 0.29) is 11.7 Å². The zero-order valence-corrected chi connectivity index (χ0v) is 10.2. The third-order valence-corrected chi connectivity index (χ3v) is 1.82. The zero-order valence-electron chi connectivity index (χ0n) is 10.2. The molecule has 0 heterocycles. The van der Waals surface area contributed by atoms with Crippen LogP contribution in [0.3, 0.4) is 0 Å². The minimum Gasteiger partial charge on any atom is -0.508 e. The van der Waals surface area contributed by atoms with E-state index in [4.69, 9.17) is 31.9 Å². The highest BCUT2D eigenvalue weighted by molar-refractivity contribution is 6.00. The van der Waals surface area contributed by atoms with Gasteiger partial charge in [-0.1, -0.05) is 6.92 Å². The predicted molar refractivity (Wildman–Crippen MR) is 69.5 cm³/mol. The Morgan fingerprint density at radius 1 is 1.32 bits per heavy atom. The number of nitrogens with zero attached hydrogens (tertiary/aromatic N) is 3. The summed E-state index contributed by atoms with van der Waals surface area (Å²) < 4.78 is 0. The monoisotopic (exact) mass is 269 g/mol. The first-order valence-electron chi connectivity index (χ1n) is 5.15. The summed E-state index contributed by atoms with van der Waals surface area (Å²) in [4.78, 5) is 8.36. The first-order valence-corrected chi connectivity index (χ1v) is 5.15. The van der Waals surface area contributed by atoms with Crippen molar-refractivity contribution in [1.82, 2.24) is 0 Å². The summed E-state index contributed by atoms with van der Waals surface area (Å²) >= 11 is 0. The highest BCUT2D eigenvalue weighted by atomic mass is 16.9. The van der Waals surface area contributed by atoms with Crippen molar-refractivity contribution in [2.75, 3.05) is 0 Å². The van der Waals surface area contributed by atoms with Gasteiger partial charge in [0.15, 0.2) is 0 Å². The Balaban J connectivity index is 0.000000711. The number of nitrogens with two attached hydrogens (primary N) is 2. The van der Waals surface area contributed by atoms with E-state index in [1.807, 2.05) is 6.92 Å². The molecule has 19 heavy (non-hydrogen) atoms. The van der Waals surface area contributed by atoms with Crippen molar-refractivity contribution in [3.8, 4) is 5.75 Å². The number of rotatable bonds is 3. The molecule has 0 atom stereocenters. The van der Waals surface area contributed by atoms with E-state index < -0.39 is 5.09 Å². The molecule has 0 amide bonds. The van der Waals surface area contributed by atoms with Crippen molar-refractivity contribution in [2.24, 2.45) is 21.7 Å². The quantitative estimate of drug-likeness (QED) is 0.269. The normalized spacial score (nSPS) is 10.1. The zero-order chi connectivity index (χ0) is 14.8. The van der Waals surface area contributed by atoms with Gasteiger partial charge in [0, 0.05) is 0 Å². The van der Waals surface area contributed by atoms with Crippen LogP contribution in [0.1, 0.15) is 18.9 Å². The summed E-state index contributed by atoms with van der Waals surface area (Å²) in [6.45, 7) is 1.95. The highest BCUT2D eigenvalue weighted by Gasteiger charge is 2.00. The Labute approximate surface area is 109 Å². The third-order valence-electron chi connectivity index (χ3n) is 1.82. The number of benzene rings is 1. The minimum absolute atomic E-state index is 0.0697. The van der Waals surface area contributed by atoms with Crippen LogP contribution >= 0.6 is 0 Å². The molecular weight excluding hydrogens is 254 g/mol.